The van der Waals surface area contributed by atoms with E-state index >= 15 is 0 Å². The van der Waals surface area contributed by atoms with Crippen LogP contribution in [0.5, 0.6) is 0 Å². The summed E-state index contributed by atoms with van der Waals surface area (Å²) >= 11 is 0. The number of rotatable bonds is 15. The summed E-state index contributed by atoms with van der Waals surface area (Å²) in [5, 5.41) is 2.97. The van der Waals surface area contributed by atoms with Gasteiger partial charge in [0.2, 0.25) is 11.8 Å². The van der Waals surface area contributed by atoms with E-state index in [-0.39, 0.29) is 61.2 Å². The van der Waals surface area contributed by atoms with Gasteiger partial charge in [0.1, 0.15) is 5.60 Å². The van der Waals surface area contributed by atoms with Gasteiger partial charge in [0.25, 0.3) is 0 Å². The number of carbonyl (C=O) groups excluding carboxylic acids is 4. The third-order valence-corrected chi connectivity index (χ3v) is 6.84. The number of nitrogens with one attached hydrogen (secondary N) is 1. The van der Waals surface area contributed by atoms with Crippen molar-refractivity contribution in [2.45, 2.75) is 96.7 Å². The minimum atomic E-state index is -0.674. The number of aromatic nitrogens is 1. The molecule has 1 fully saturated rings. The number of nitrogens with zero attached hydrogens (tertiary/aromatic N) is 2. The zero-order valence-electron chi connectivity index (χ0n) is 25.2. The van der Waals surface area contributed by atoms with E-state index in [1.165, 1.54) is 6.20 Å². The van der Waals surface area contributed by atoms with Gasteiger partial charge >= 0.3 is 11.9 Å². The monoisotopic (exact) mass is 580 g/mol. The molecule has 1 aromatic heterocycles. The predicted molar refractivity (Wildman–Crippen MR) is 159 cm³/mol. The highest BCUT2D eigenvalue weighted by Crippen LogP contribution is 2.28. The van der Waals surface area contributed by atoms with Gasteiger partial charge < -0.3 is 25.4 Å². The summed E-state index contributed by atoms with van der Waals surface area (Å²) in [6.07, 6.45) is 5.77. The number of esters is 2. The largest absolute Gasteiger partial charge is 0.466 e. The van der Waals surface area contributed by atoms with Gasteiger partial charge in [0.15, 0.2) is 5.69 Å². The first-order valence-electron chi connectivity index (χ1n) is 14.7. The standard InChI is InChI=1S/C32H44N4O6/c1-5-41-28(39)20-24(15-14-22-10-7-6-8-11-22)35-26(37)21-36(25-16-17-25)27(38)13-9-12-23-18-19-34-30(29(23)33)31(40)42-32(2,3)4/h6-8,10-11,18-19,24-25H,5,9,12-17,20-21,33H2,1-4H3,(H,35,37)/t24-/m1/s1. The lowest BCUT2D eigenvalue weighted by atomic mass is 10.0. The highest BCUT2D eigenvalue weighted by atomic mass is 16.6. The Hall–Kier alpha value is -3.95. The Bertz CT molecular complexity index is 1220. The molecule has 1 saturated carbocycles. The summed E-state index contributed by atoms with van der Waals surface area (Å²) in [4.78, 5) is 56.7. The Balaban J connectivity index is 1.56. The minimum Gasteiger partial charge on any atom is -0.466 e. The van der Waals surface area contributed by atoms with Crippen LogP contribution in [-0.2, 0) is 36.7 Å². The topological polar surface area (TPSA) is 141 Å². The minimum absolute atomic E-state index is 0.0424. The molecule has 0 spiro atoms. The lowest BCUT2D eigenvalue weighted by Crippen LogP contribution is -2.46. The summed E-state index contributed by atoms with van der Waals surface area (Å²) < 4.78 is 10.5. The number of nitrogen functional groups attached to an aromatic ring is 1. The number of anilines is 1. The zero-order valence-corrected chi connectivity index (χ0v) is 25.2. The molecule has 10 heteroatoms. The lowest BCUT2D eigenvalue weighted by Gasteiger charge is -2.24. The van der Waals surface area contributed by atoms with E-state index < -0.39 is 17.6 Å². The maximum Gasteiger partial charge on any atom is 0.359 e. The van der Waals surface area contributed by atoms with Crippen molar-refractivity contribution in [2.75, 3.05) is 18.9 Å². The van der Waals surface area contributed by atoms with Crippen molar-refractivity contribution >= 4 is 29.4 Å². The molecular weight excluding hydrogens is 536 g/mol. The molecule has 0 radical (unpaired) electrons. The van der Waals surface area contributed by atoms with E-state index in [4.69, 9.17) is 15.2 Å². The summed E-state index contributed by atoms with van der Waals surface area (Å²) in [6, 6.07) is 11.2. The molecule has 42 heavy (non-hydrogen) atoms. The third kappa shape index (κ3) is 10.8. The van der Waals surface area contributed by atoms with E-state index in [1.807, 2.05) is 30.3 Å². The van der Waals surface area contributed by atoms with Crippen LogP contribution >= 0.6 is 0 Å². The molecule has 3 rings (SSSR count). The van der Waals surface area contributed by atoms with Crippen LogP contribution in [0.15, 0.2) is 42.6 Å². The molecule has 2 aromatic rings. The Morgan fingerprint density at radius 3 is 2.45 bits per heavy atom. The quantitative estimate of drug-likeness (QED) is 0.301. The molecule has 0 bridgehead atoms. The highest BCUT2D eigenvalue weighted by Gasteiger charge is 2.34. The van der Waals surface area contributed by atoms with Crippen molar-refractivity contribution in [3.8, 4) is 0 Å². The summed E-state index contributed by atoms with van der Waals surface area (Å²) in [5.41, 5.74) is 7.69. The van der Waals surface area contributed by atoms with Crippen LogP contribution in [-0.4, -0.2) is 64.5 Å². The normalized spacial score (nSPS) is 13.6. The fraction of sp³-hybridized carbons (Fsp3) is 0.531. The SMILES string of the molecule is CCOC(=O)C[C@@H](CCc1ccccc1)NC(=O)CN(C(=O)CCCc1ccnc(C(=O)OC(C)(C)C)c1N)C1CC1. The van der Waals surface area contributed by atoms with Crippen LogP contribution in [0, 0.1) is 0 Å². The zero-order chi connectivity index (χ0) is 30.7. The Labute approximate surface area is 248 Å². The molecule has 1 atom stereocenters. The van der Waals surface area contributed by atoms with Crippen LogP contribution in [0.4, 0.5) is 5.69 Å². The number of ether oxygens (including phenoxy) is 2. The first-order valence-corrected chi connectivity index (χ1v) is 14.7. The van der Waals surface area contributed by atoms with E-state index in [0.29, 0.717) is 25.7 Å². The smallest absolute Gasteiger partial charge is 0.359 e. The fourth-order valence-electron chi connectivity index (χ4n) is 4.66. The highest BCUT2D eigenvalue weighted by molar-refractivity contribution is 5.93. The van der Waals surface area contributed by atoms with E-state index in [9.17, 15) is 19.2 Å². The van der Waals surface area contributed by atoms with Gasteiger partial charge in [0, 0.05) is 24.7 Å². The van der Waals surface area contributed by atoms with Crippen LogP contribution in [0.2, 0.25) is 0 Å². The number of amides is 2. The molecule has 3 N–H and O–H groups in total. The van der Waals surface area contributed by atoms with E-state index in [1.54, 1.807) is 38.7 Å². The number of hydrogen-bond acceptors (Lipinski definition) is 8. The van der Waals surface area contributed by atoms with Crippen LogP contribution in [0.3, 0.4) is 0 Å². The average Bonchev–Trinajstić information content (AvgIpc) is 3.76. The van der Waals surface area contributed by atoms with Gasteiger partial charge in [-0.1, -0.05) is 30.3 Å². The van der Waals surface area contributed by atoms with Crippen LogP contribution < -0.4 is 11.1 Å². The first-order chi connectivity index (χ1) is 20.0. The van der Waals surface area contributed by atoms with Crippen molar-refractivity contribution in [3.63, 3.8) is 0 Å². The fourth-order valence-corrected chi connectivity index (χ4v) is 4.66. The molecule has 2 amide bonds. The summed E-state index contributed by atoms with van der Waals surface area (Å²) in [5.74, 6) is -1.36. The number of pyridine rings is 1. The van der Waals surface area contributed by atoms with E-state index in [0.717, 1.165) is 24.0 Å². The van der Waals surface area contributed by atoms with Crippen molar-refractivity contribution in [1.82, 2.24) is 15.2 Å². The summed E-state index contributed by atoms with van der Waals surface area (Å²) in [6.45, 7) is 7.27. The molecule has 1 heterocycles. The van der Waals surface area contributed by atoms with Crippen LogP contribution in [0.1, 0.15) is 87.8 Å². The van der Waals surface area contributed by atoms with Crippen molar-refractivity contribution in [2.24, 2.45) is 0 Å². The van der Waals surface area contributed by atoms with Gasteiger partial charge in [-0.25, -0.2) is 9.78 Å². The third-order valence-electron chi connectivity index (χ3n) is 6.84. The number of hydrogen-bond donors (Lipinski definition) is 2. The molecule has 10 nitrogen and oxygen atoms in total. The molecule has 1 aliphatic carbocycles. The molecule has 0 unspecified atom stereocenters. The number of aryl methyl sites for hydroxylation is 2. The van der Waals surface area contributed by atoms with Gasteiger partial charge in [-0.05, 0) is 83.4 Å². The van der Waals surface area contributed by atoms with Gasteiger partial charge in [-0.3, -0.25) is 14.4 Å². The van der Waals surface area contributed by atoms with Gasteiger partial charge in [-0.2, -0.15) is 0 Å². The van der Waals surface area contributed by atoms with Crippen molar-refractivity contribution in [3.05, 3.63) is 59.4 Å². The predicted octanol–water partition coefficient (Wildman–Crippen LogP) is 4.00. The summed E-state index contributed by atoms with van der Waals surface area (Å²) in [7, 11) is 0. The Kier molecular flexibility index (Phi) is 11.9. The van der Waals surface area contributed by atoms with Gasteiger partial charge in [-0.15, -0.1) is 0 Å². The Morgan fingerprint density at radius 1 is 1.10 bits per heavy atom. The second-order valence-electron chi connectivity index (χ2n) is 11.6. The van der Waals surface area contributed by atoms with Crippen molar-refractivity contribution < 1.29 is 28.7 Å². The average molecular weight is 581 g/mol. The molecule has 1 aliphatic rings. The number of benzene rings is 1. The molecule has 0 saturated heterocycles. The second-order valence-corrected chi connectivity index (χ2v) is 11.6. The Morgan fingerprint density at radius 2 is 1.81 bits per heavy atom. The molecular formula is C32H44N4O6. The van der Waals surface area contributed by atoms with Crippen molar-refractivity contribution in [1.29, 1.82) is 0 Å². The number of nitrogens with two attached hydrogens (primary N) is 1. The van der Waals surface area contributed by atoms with Gasteiger partial charge in [0.05, 0.1) is 25.3 Å². The number of carbonyl (C=O) groups is 4. The molecule has 0 aliphatic heterocycles. The van der Waals surface area contributed by atoms with Crippen LogP contribution in [0.25, 0.3) is 0 Å². The first kappa shape index (κ1) is 32.6. The maximum absolute atomic E-state index is 13.2. The second kappa shape index (κ2) is 15.3. The molecule has 1 aromatic carbocycles. The molecule has 228 valence electrons. The maximum atomic E-state index is 13.2. The lowest BCUT2D eigenvalue weighted by molar-refractivity contribution is -0.144. The van der Waals surface area contributed by atoms with E-state index in [2.05, 4.69) is 10.3 Å².